The highest BCUT2D eigenvalue weighted by Crippen LogP contribution is 2.63. The van der Waals surface area contributed by atoms with E-state index < -0.39 is 29.4 Å². The Morgan fingerprint density at radius 1 is 1.23 bits per heavy atom. The summed E-state index contributed by atoms with van der Waals surface area (Å²) < 4.78 is 24.2. The average Bonchev–Trinajstić information content (AvgIpc) is 3.34. The number of carbonyl (C=O) groups excluding carboxylic acids is 2. The molecule has 2 bridgehead atoms. The highest BCUT2D eigenvalue weighted by Gasteiger charge is 2.72. The first kappa shape index (κ1) is 25.5. The largest absolute Gasteiger partial charge is 0.457 e. The molecule has 3 aliphatic rings. The summed E-state index contributed by atoms with van der Waals surface area (Å²) in [4.78, 5) is 25.6. The van der Waals surface area contributed by atoms with Gasteiger partial charge in [0, 0.05) is 18.4 Å². The molecule has 0 aromatic heterocycles. The van der Waals surface area contributed by atoms with E-state index >= 15 is 0 Å². The van der Waals surface area contributed by atoms with E-state index in [1.54, 1.807) is 6.08 Å². The first-order valence-corrected chi connectivity index (χ1v) is 12.6. The summed E-state index contributed by atoms with van der Waals surface area (Å²) in [5.74, 6) is 2.18. The molecule has 2 aliphatic heterocycles. The lowest BCUT2D eigenvalue weighted by atomic mass is 9.69. The summed E-state index contributed by atoms with van der Waals surface area (Å²) in [7, 11) is 0. The average molecular weight is 481 g/mol. The highest BCUT2D eigenvalue weighted by molar-refractivity contribution is 5.87. The molecule has 2 saturated heterocycles. The molecule has 7 atom stereocenters. The SMILES string of the molecule is C#CCOCC(=O)O[C@@H]1C[C@]2(C(C)C)O[C@@]1(C)C1CC[C@@H](C)[C@H]1[C@@H]2OC(=O)/C=C/c1ccccc1. The summed E-state index contributed by atoms with van der Waals surface area (Å²) in [5.41, 5.74) is -0.456. The first-order chi connectivity index (χ1) is 16.7. The minimum Gasteiger partial charge on any atom is -0.457 e. The zero-order valence-corrected chi connectivity index (χ0v) is 21.1. The van der Waals surface area contributed by atoms with Gasteiger partial charge in [0.15, 0.2) is 0 Å². The molecule has 1 aromatic carbocycles. The monoisotopic (exact) mass is 480 g/mol. The predicted molar refractivity (Wildman–Crippen MR) is 132 cm³/mol. The standard InChI is InChI=1S/C29H36O6/c1-6-16-32-18-25(31)33-23-17-29(19(2)3)27(26-20(4)12-14-22(26)28(23,5)35-29)34-24(30)15-13-21-10-8-7-9-11-21/h1,7-11,13,15,19-20,22-23,26-27H,12,14,16-18H2,2-5H3/b15-13+/t20-,22?,23-,26-,27+,28+,29-/m1/s1. The Balaban J connectivity index is 1.60. The molecule has 3 fully saturated rings. The quantitative estimate of drug-likeness (QED) is 0.237. The molecule has 35 heavy (non-hydrogen) atoms. The van der Waals surface area contributed by atoms with E-state index in [2.05, 4.69) is 33.6 Å². The molecule has 0 radical (unpaired) electrons. The van der Waals surface area contributed by atoms with Crippen molar-refractivity contribution in [3.05, 3.63) is 42.0 Å². The minimum absolute atomic E-state index is 0.0490. The van der Waals surface area contributed by atoms with Gasteiger partial charge >= 0.3 is 11.9 Å². The first-order valence-electron chi connectivity index (χ1n) is 12.6. The Hall–Kier alpha value is -2.62. The maximum Gasteiger partial charge on any atom is 0.332 e. The predicted octanol–water partition coefficient (Wildman–Crippen LogP) is 4.42. The van der Waals surface area contributed by atoms with Gasteiger partial charge in [-0.25, -0.2) is 9.59 Å². The van der Waals surface area contributed by atoms with Gasteiger partial charge in [-0.15, -0.1) is 6.42 Å². The molecule has 0 amide bonds. The summed E-state index contributed by atoms with van der Waals surface area (Å²) >= 11 is 0. The van der Waals surface area contributed by atoms with E-state index in [9.17, 15) is 9.59 Å². The van der Waals surface area contributed by atoms with Crippen molar-refractivity contribution >= 4 is 18.0 Å². The van der Waals surface area contributed by atoms with Crippen LogP contribution in [0, 0.1) is 36.0 Å². The third kappa shape index (κ3) is 4.77. The van der Waals surface area contributed by atoms with Crippen LogP contribution in [0.3, 0.4) is 0 Å². The molecule has 0 N–H and O–H groups in total. The fourth-order valence-electron chi connectivity index (χ4n) is 6.52. The van der Waals surface area contributed by atoms with Crippen LogP contribution in [0.2, 0.25) is 0 Å². The summed E-state index contributed by atoms with van der Waals surface area (Å²) in [5, 5.41) is 0. The fraction of sp³-hybridized carbons (Fsp3) is 0.586. The van der Waals surface area contributed by atoms with Gasteiger partial charge in [-0.05, 0) is 49.2 Å². The van der Waals surface area contributed by atoms with Crippen LogP contribution in [0.15, 0.2) is 36.4 Å². The van der Waals surface area contributed by atoms with Crippen molar-refractivity contribution in [3.63, 3.8) is 0 Å². The van der Waals surface area contributed by atoms with Crippen LogP contribution in [0.4, 0.5) is 0 Å². The lowest BCUT2D eigenvalue weighted by Crippen LogP contribution is -2.62. The van der Waals surface area contributed by atoms with Crippen molar-refractivity contribution in [2.75, 3.05) is 13.2 Å². The number of rotatable bonds is 8. The van der Waals surface area contributed by atoms with Crippen molar-refractivity contribution in [2.24, 2.45) is 23.7 Å². The van der Waals surface area contributed by atoms with Crippen molar-refractivity contribution < 1.29 is 28.5 Å². The topological polar surface area (TPSA) is 71.1 Å². The number of benzene rings is 1. The lowest BCUT2D eigenvalue weighted by Gasteiger charge is -2.52. The molecular formula is C29H36O6. The lowest BCUT2D eigenvalue weighted by molar-refractivity contribution is -0.264. The van der Waals surface area contributed by atoms with Crippen LogP contribution >= 0.6 is 0 Å². The Bertz CT molecular complexity index is 994. The van der Waals surface area contributed by atoms with Crippen molar-refractivity contribution in [2.45, 2.75) is 70.4 Å². The molecule has 6 nitrogen and oxygen atoms in total. The molecule has 1 aliphatic carbocycles. The van der Waals surface area contributed by atoms with Crippen LogP contribution in [0.25, 0.3) is 6.08 Å². The Kier molecular flexibility index (Phi) is 7.40. The molecule has 1 saturated carbocycles. The smallest absolute Gasteiger partial charge is 0.332 e. The van der Waals surface area contributed by atoms with E-state index in [0.29, 0.717) is 12.3 Å². The summed E-state index contributed by atoms with van der Waals surface area (Å²) in [6.45, 7) is 8.31. The minimum atomic E-state index is -0.741. The van der Waals surface area contributed by atoms with Gasteiger partial charge < -0.3 is 18.9 Å². The Morgan fingerprint density at radius 2 is 1.97 bits per heavy atom. The molecule has 4 rings (SSSR count). The van der Waals surface area contributed by atoms with Gasteiger partial charge in [-0.1, -0.05) is 57.0 Å². The van der Waals surface area contributed by atoms with Crippen molar-refractivity contribution in [1.29, 1.82) is 0 Å². The van der Waals surface area contributed by atoms with E-state index in [1.165, 1.54) is 6.08 Å². The van der Waals surface area contributed by atoms with E-state index in [-0.39, 0.29) is 36.9 Å². The number of ether oxygens (including phenoxy) is 4. The van der Waals surface area contributed by atoms with E-state index in [1.807, 2.05) is 30.3 Å². The number of hydrogen-bond acceptors (Lipinski definition) is 6. The molecule has 188 valence electrons. The van der Waals surface area contributed by atoms with Gasteiger partial charge in [0.05, 0.1) is 0 Å². The van der Waals surface area contributed by atoms with Crippen LogP contribution < -0.4 is 0 Å². The zero-order chi connectivity index (χ0) is 25.2. The Morgan fingerprint density at radius 3 is 2.66 bits per heavy atom. The maximum absolute atomic E-state index is 13.0. The molecule has 2 heterocycles. The number of terminal acetylenes is 1. The van der Waals surface area contributed by atoms with Gasteiger partial charge in [0.1, 0.15) is 36.6 Å². The number of hydrogen-bond donors (Lipinski definition) is 0. The highest BCUT2D eigenvalue weighted by atomic mass is 16.6. The van der Waals surface area contributed by atoms with Crippen LogP contribution in [0.5, 0.6) is 0 Å². The van der Waals surface area contributed by atoms with Crippen molar-refractivity contribution in [3.8, 4) is 12.3 Å². The third-order valence-electron chi connectivity index (χ3n) is 8.29. The second-order valence-electron chi connectivity index (χ2n) is 10.6. The van der Waals surface area contributed by atoms with E-state index in [0.717, 1.165) is 18.4 Å². The Labute approximate surface area is 208 Å². The number of carbonyl (C=O) groups is 2. The molecule has 1 unspecified atom stereocenters. The van der Waals surface area contributed by atoms with Gasteiger partial charge in [0.2, 0.25) is 0 Å². The number of fused-ring (bicyclic) bond motifs is 4. The zero-order valence-electron chi connectivity index (χ0n) is 21.1. The molecular weight excluding hydrogens is 444 g/mol. The second-order valence-corrected chi connectivity index (χ2v) is 10.6. The van der Waals surface area contributed by atoms with Crippen LogP contribution in [-0.2, 0) is 28.5 Å². The molecule has 1 aromatic rings. The fourth-order valence-corrected chi connectivity index (χ4v) is 6.52. The van der Waals surface area contributed by atoms with Gasteiger partial charge in [0.25, 0.3) is 0 Å². The molecule has 0 spiro atoms. The number of esters is 2. The second kappa shape index (κ2) is 10.2. The summed E-state index contributed by atoms with van der Waals surface area (Å²) in [6.07, 6.45) is 10.0. The summed E-state index contributed by atoms with van der Waals surface area (Å²) in [6, 6.07) is 9.66. The van der Waals surface area contributed by atoms with Gasteiger partial charge in [-0.2, -0.15) is 0 Å². The normalized spacial score (nSPS) is 35.6. The van der Waals surface area contributed by atoms with Crippen LogP contribution in [0.1, 0.15) is 52.5 Å². The molecule has 6 heteroatoms. The van der Waals surface area contributed by atoms with Gasteiger partial charge in [-0.3, -0.25) is 0 Å². The maximum atomic E-state index is 13.0. The van der Waals surface area contributed by atoms with Crippen molar-refractivity contribution in [1.82, 2.24) is 0 Å². The third-order valence-corrected chi connectivity index (χ3v) is 8.29. The van der Waals surface area contributed by atoms with E-state index in [4.69, 9.17) is 25.4 Å². The van der Waals surface area contributed by atoms with Crippen LogP contribution in [-0.4, -0.2) is 48.6 Å².